The van der Waals surface area contributed by atoms with Crippen molar-refractivity contribution in [2.75, 3.05) is 27.3 Å². The van der Waals surface area contributed by atoms with E-state index in [-0.39, 0.29) is 11.7 Å². The highest BCUT2D eigenvalue weighted by Gasteiger charge is 2.49. The predicted molar refractivity (Wildman–Crippen MR) is 70.1 cm³/mol. The highest BCUT2D eigenvalue weighted by Crippen LogP contribution is 2.33. The average Bonchev–Trinajstić information content (AvgIpc) is 2.40. The lowest BCUT2D eigenvalue weighted by atomic mass is 10.1. The van der Waals surface area contributed by atoms with E-state index in [1.54, 1.807) is 0 Å². The van der Waals surface area contributed by atoms with Crippen LogP contribution in [0.5, 0.6) is 0 Å². The van der Waals surface area contributed by atoms with Crippen LogP contribution in [0.15, 0.2) is 0 Å². The van der Waals surface area contributed by atoms with Crippen LogP contribution in [-0.4, -0.2) is 52.6 Å². The summed E-state index contributed by atoms with van der Waals surface area (Å²) < 4.78 is 48.6. The maximum absolute atomic E-state index is 12.5. The second kappa shape index (κ2) is 7.06. The quantitative estimate of drug-likeness (QED) is 0.704. The second-order valence-electron chi connectivity index (χ2n) is 4.98. The van der Waals surface area contributed by atoms with Crippen LogP contribution in [0.25, 0.3) is 0 Å². The van der Waals surface area contributed by atoms with Crippen molar-refractivity contribution < 1.29 is 22.0 Å². The first kappa shape index (κ1) is 16.9. The van der Waals surface area contributed by atoms with E-state index in [1.165, 1.54) is 14.2 Å². The summed E-state index contributed by atoms with van der Waals surface area (Å²) in [5.41, 5.74) is 0.0311. The van der Waals surface area contributed by atoms with E-state index in [0.717, 1.165) is 32.4 Å². The number of halogens is 3. The highest BCUT2D eigenvalue weighted by atomic mass is 28.4. The normalized spacial score (nSPS) is 22.7. The minimum absolute atomic E-state index is 0.0231. The van der Waals surface area contributed by atoms with Gasteiger partial charge in [0.25, 0.3) is 0 Å². The van der Waals surface area contributed by atoms with Crippen LogP contribution in [0.2, 0.25) is 6.04 Å². The van der Waals surface area contributed by atoms with Gasteiger partial charge in [0.1, 0.15) is 0 Å². The third-order valence-electron chi connectivity index (χ3n) is 3.98. The molecule has 1 unspecified atom stereocenters. The smallest absolute Gasteiger partial charge is 0.389 e. The van der Waals surface area contributed by atoms with Gasteiger partial charge in [-0.05, 0) is 25.9 Å². The standard InChI is InChI=1S/C12H24F3NO2Si/c1-4-16-9-6-5-7-11(16)19(17-2,18-3)10-8-12(13,14)15/h11H,4-10H2,1-3H3. The lowest BCUT2D eigenvalue weighted by molar-refractivity contribution is -0.132. The van der Waals surface area contributed by atoms with E-state index in [9.17, 15) is 13.2 Å². The first-order valence-electron chi connectivity index (χ1n) is 6.79. The first-order chi connectivity index (χ1) is 8.88. The van der Waals surface area contributed by atoms with Gasteiger partial charge in [0.05, 0.1) is 5.67 Å². The molecule has 0 radical (unpaired) electrons. The van der Waals surface area contributed by atoms with Gasteiger partial charge in [-0.1, -0.05) is 13.3 Å². The Balaban J connectivity index is 2.83. The maximum Gasteiger partial charge on any atom is 0.389 e. The zero-order chi connectivity index (χ0) is 14.5. The molecule has 114 valence electrons. The van der Waals surface area contributed by atoms with E-state index in [4.69, 9.17) is 8.85 Å². The van der Waals surface area contributed by atoms with E-state index < -0.39 is 21.2 Å². The Morgan fingerprint density at radius 1 is 1.21 bits per heavy atom. The van der Waals surface area contributed by atoms with Crippen LogP contribution in [0, 0.1) is 0 Å². The molecule has 0 bridgehead atoms. The minimum Gasteiger partial charge on any atom is -0.397 e. The molecule has 0 N–H and O–H groups in total. The van der Waals surface area contributed by atoms with Crippen LogP contribution in [0.1, 0.15) is 32.6 Å². The van der Waals surface area contributed by atoms with Crippen molar-refractivity contribution in [3.8, 4) is 0 Å². The number of alkyl halides is 3. The molecule has 1 heterocycles. The molecule has 1 rings (SSSR count). The van der Waals surface area contributed by atoms with E-state index in [1.807, 2.05) is 6.92 Å². The molecule has 3 nitrogen and oxygen atoms in total. The fraction of sp³-hybridized carbons (Fsp3) is 1.00. The number of hydrogen-bond acceptors (Lipinski definition) is 3. The Morgan fingerprint density at radius 3 is 2.32 bits per heavy atom. The highest BCUT2D eigenvalue weighted by molar-refractivity contribution is 6.69. The van der Waals surface area contributed by atoms with E-state index >= 15 is 0 Å². The van der Waals surface area contributed by atoms with Gasteiger partial charge < -0.3 is 8.85 Å². The Bertz CT molecular complexity index is 272. The molecule has 1 saturated heterocycles. The summed E-state index contributed by atoms with van der Waals surface area (Å²) in [5.74, 6) is 0. The minimum atomic E-state index is -4.15. The van der Waals surface area contributed by atoms with Gasteiger partial charge in [-0.3, -0.25) is 4.90 Å². The van der Waals surface area contributed by atoms with Crippen LogP contribution < -0.4 is 0 Å². The summed E-state index contributed by atoms with van der Waals surface area (Å²) in [5, 5.41) is 0. The topological polar surface area (TPSA) is 21.7 Å². The van der Waals surface area contributed by atoms with E-state index in [0.29, 0.717) is 0 Å². The Kier molecular flexibility index (Phi) is 6.29. The summed E-state index contributed by atoms with van der Waals surface area (Å²) in [6.45, 7) is 3.79. The van der Waals surface area contributed by atoms with Gasteiger partial charge in [-0.2, -0.15) is 13.2 Å². The lowest BCUT2D eigenvalue weighted by Gasteiger charge is -2.44. The summed E-state index contributed by atoms with van der Waals surface area (Å²) in [6, 6.07) is -0.0231. The Labute approximate surface area is 114 Å². The molecule has 1 aliphatic heterocycles. The molecule has 1 fully saturated rings. The van der Waals surface area contributed by atoms with Crippen LogP contribution >= 0.6 is 0 Å². The van der Waals surface area contributed by atoms with Crippen LogP contribution in [0.4, 0.5) is 13.2 Å². The number of rotatable bonds is 6. The number of piperidine rings is 1. The van der Waals surface area contributed by atoms with Crippen LogP contribution in [-0.2, 0) is 8.85 Å². The van der Waals surface area contributed by atoms with Crippen molar-refractivity contribution in [1.29, 1.82) is 0 Å². The SMILES string of the molecule is CCN1CCCCC1[Si](CCC(F)(F)F)(OC)OC. The summed E-state index contributed by atoms with van der Waals surface area (Å²) in [7, 11) is 0.159. The Morgan fingerprint density at radius 2 is 1.84 bits per heavy atom. The third-order valence-corrected chi connectivity index (χ3v) is 7.97. The molecule has 0 aliphatic carbocycles. The van der Waals surface area contributed by atoms with Crippen molar-refractivity contribution in [1.82, 2.24) is 4.90 Å². The molecule has 0 aromatic carbocycles. The molecule has 0 aromatic rings. The van der Waals surface area contributed by atoms with Crippen LogP contribution in [0.3, 0.4) is 0 Å². The largest absolute Gasteiger partial charge is 0.397 e. The van der Waals surface area contributed by atoms with Gasteiger partial charge in [-0.25, -0.2) is 0 Å². The van der Waals surface area contributed by atoms with Gasteiger partial charge in [-0.15, -0.1) is 0 Å². The maximum atomic E-state index is 12.5. The fourth-order valence-corrected chi connectivity index (χ4v) is 6.51. The molecule has 0 spiro atoms. The molecule has 0 amide bonds. The van der Waals surface area contributed by atoms with Gasteiger partial charge in [0, 0.05) is 26.7 Å². The number of hydrogen-bond donors (Lipinski definition) is 0. The van der Waals surface area contributed by atoms with Crippen molar-refractivity contribution in [3.05, 3.63) is 0 Å². The third kappa shape index (κ3) is 4.44. The summed E-state index contributed by atoms with van der Waals surface area (Å²) in [6.07, 6.45) is -1.97. The molecule has 1 atom stereocenters. The van der Waals surface area contributed by atoms with Crippen molar-refractivity contribution >= 4 is 8.56 Å². The molecular formula is C12H24F3NO2Si. The second-order valence-corrected chi connectivity index (χ2v) is 8.58. The van der Waals surface area contributed by atoms with Crippen molar-refractivity contribution in [2.45, 2.75) is 50.5 Å². The van der Waals surface area contributed by atoms with Crippen molar-refractivity contribution in [3.63, 3.8) is 0 Å². The molecule has 0 saturated carbocycles. The Hall–Kier alpha value is -0.113. The zero-order valence-corrected chi connectivity index (χ0v) is 12.9. The molecule has 7 heteroatoms. The zero-order valence-electron chi connectivity index (χ0n) is 11.9. The van der Waals surface area contributed by atoms with Crippen molar-refractivity contribution in [2.24, 2.45) is 0 Å². The lowest BCUT2D eigenvalue weighted by Crippen LogP contribution is -2.61. The average molecular weight is 299 g/mol. The number of likely N-dealkylation sites (tertiary alicyclic amines) is 1. The van der Waals surface area contributed by atoms with Gasteiger partial charge >= 0.3 is 14.7 Å². The molecular weight excluding hydrogens is 275 g/mol. The molecule has 1 aliphatic rings. The molecule has 19 heavy (non-hydrogen) atoms. The van der Waals surface area contributed by atoms with E-state index in [2.05, 4.69) is 4.90 Å². The monoisotopic (exact) mass is 299 g/mol. The van der Waals surface area contributed by atoms with Gasteiger partial charge in [0.2, 0.25) is 0 Å². The molecule has 0 aromatic heterocycles. The number of nitrogens with zero attached hydrogens (tertiary/aromatic N) is 1. The fourth-order valence-electron chi connectivity index (χ4n) is 2.91. The predicted octanol–water partition coefficient (Wildman–Crippen LogP) is 3.09. The summed E-state index contributed by atoms with van der Waals surface area (Å²) >= 11 is 0. The summed E-state index contributed by atoms with van der Waals surface area (Å²) in [4.78, 5) is 2.22. The van der Waals surface area contributed by atoms with Gasteiger partial charge in [0.15, 0.2) is 0 Å². The first-order valence-corrected chi connectivity index (χ1v) is 8.89.